The highest BCUT2D eigenvalue weighted by Gasteiger charge is 2.32. The fraction of sp³-hybridized carbons (Fsp3) is 0.391. The van der Waals surface area contributed by atoms with Crippen LogP contribution in [0.4, 0.5) is 4.39 Å². The fourth-order valence-electron chi connectivity index (χ4n) is 3.83. The summed E-state index contributed by atoms with van der Waals surface area (Å²) in [5, 5.41) is 0. The molecule has 3 aromatic rings. The number of benzene rings is 2. The molecule has 1 aromatic heterocycles. The van der Waals surface area contributed by atoms with E-state index in [0.29, 0.717) is 24.3 Å². The zero-order valence-electron chi connectivity index (χ0n) is 18.5. The number of imidazole rings is 1. The Morgan fingerprint density at radius 1 is 1.19 bits per heavy atom. The third-order valence-corrected chi connectivity index (χ3v) is 7.65. The third-order valence-electron chi connectivity index (χ3n) is 5.84. The summed E-state index contributed by atoms with van der Waals surface area (Å²) < 4.78 is 41.4. The van der Waals surface area contributed by atoms with Gasteiger partial charge in [0.1, 0.15) is 11.6 Å². The minimum atomic E-state index is -3.55. The van der Waals surface area contributed by atoms with E-state index < -0.39 is 10.0 Å². The first-order valence-corrected chi connectivity index (χ1v) is 12.0. The van der Waals surface area contributed by atoms with Crippen molar-refractivity contribution in [3.8, 4) is 0 Å². The van der Waals surface area contributed by atoms with Crippen LogP contribution in [-0.4, -0.2) is 53.2 Å². The molecular weight excluding hydrogens is 431 g/mol. The van der Waals surface area contributed by atoms with Gasteiger partial charge in [-0.15, -0.1) is 0 Å². The smallest absolute Gasteiger partial charge is 0.242 e. The van der Waals surface area contributed by atoms with Crippen LogP contribution in [0.3, 0.4) is 0 Å². The van der Waals surface area contributed by atoms with Crippen molar-refractivity contribution in [2.45, 2.75) is 43.2 Å². The number of aryl methyl sites for hydroxylation is 2. The molecule has 1 aliphatic rings. The highest BCUT2D eigenvalue weighted by molar-refractivity contribution is 7.89. The van der Waals surface area contributed by atoms with Crippen molar-refractivity contribution in [2.24, 2.45) is 7.05 Å². The van der Waals surface area contributed by atoms with Crippen molar-refractivity contribution in [3.05, 3.63) is 59.7 Å². The molecule has 0 N–H and O–H groups in total. The van der Waals surface area contributed by atoms with E-state index in [1.807, 2.05) is 22.6 Å². The molecule has 4 rings (SSSR count). The topological polar surface area (TPSA) is 75.5 Å². The van der Waals surface area contributed by atoms with Gasteiger partial charge >= 0.3 is 0 Å². The predicted molar refractivity (Wildman–Crippen MR) is 120 cm³/mol. The first kappa shape index (κ1) is 22.4. The zero-order chi connectivity index (χ0) is 23.0. The van der Waals surface area contributed by atoms with E-state index in [0.717, 1.165) is 23.9 Å². The van der Waals surface area contributed by atoms with Crippen molar-refractivity contribution in [3.63, 3.8) is 0 Å². The molecular formula is C23H27FN4O3S. The Hall–Kier alpha value is -2.78. The predicted octanol–water partition coefficient (Wildman–Crippen LogP) is 3.09. The minimum absolute atomic E-state index is 0.0136. The highest BCUT2D eigenvalue weighted by atomic mass is 32.2. The van der Waals surface area contributed by atoms with Crippen LogP contribution in [0.5, 0.6) is 0 Å². The normalized spacial score (nSPS) is 14.3. The van der Waals surface area contributed by atoms with Crippen LogP contribution in [0, 0.1) is 5.82 Å². The summed E-state index contributed by atoms with van der Waals surface area (Å²) in [5.74, 6) is 0.426. The maximum Gasteiger partial charge on any atom is 0.242 e. The number of carbonyl (C=O) groups is 1. The van der Waals surface area contributed by atoms with Gasteiger partial charge in [0.25, 0.3) is 0 Å². The number of nitrogens with zero attached hydrogens (tertiary/aromatic N) is 4. The minimum Gasteiger partial charge on any atom is -0.335 e. The molecule has 32 heavy (non-hydrogen) atoms. The Kier molecular flexibility index (Phi) is 6.05. The van der Waals surface area contributed by atoms with Gasteiger partial charge in [-0.2, -0.15) is 0 Å². The summed E-state index contributed by atoms with van der Waals surface area (Å²) in [4.78, 5) is 19.6. The number of halogens is 1. The molecule has 0 aliphatic heterocycles. The average Bonchev–Trinajstić information content (AvgIpc) is 3.54. The molecule has 0 spiro atoms. The fourth-order valence-corrected chi connectivity index (χ4v) is 4.75. The number of hydrogen-bond acceptors (Lipinski definition) is 4. The van der Waals surface area contributed by atoms with E-state index in [9.17, 15) is 17.6 Å². The van der Waals surface area contributed by atoms with Crippen molar-refractivity contribution >= 4 is 27.0 Å². The molecule has 0 atom stereocenters. The van der Waals surface area contributed by atoms with Crippen molar-refractivity contribution in [1.29, 1.82) is 0 Å². The summed E-state index contributed by atoms with van der Waals surface area (Å²) in [6, 6.07) is 11.4. The molecule has 2 aromatic carbocycles. The van der Waals surface area contributed by atoms with Crippen molar-refractivity contribution in [1.82, 2.24) is 18.8 Å². The van der Waals surface area contributed by atoms with Gasteiger partial charge in [-0.05, 0) is 48.7 Å². The lowest BCUT2D eigenvalue weighted by Crippen LogP contribution is -2.33. The molecule has 9 heteroatoms. The molecule has 1 saturated carbocycles. The lowest BCUT2D eigenvalue weighted by atomic mass is 10.2. The number of rotatable bonds is 8. The van der Waals surface area contributed by atoms with Gasteiger partial charge in [-0.25, -0.2) is 22.1 Å². The molecule has 1 aliphatic carbocycles. The Morgan fingerprint density at radius 3 is 2.59 bits per heavy atom. The largest absolute Gasteiger partial charge is 0.335 e. The van der Waals surface area contributed by atoms with E-state index in [4.69, 9.17) is 0 Å². The van der Waals surface area contributed by atoms with Crippen LogP contribution in [0.2, 0.25) is 0 Å². The van der Waals surface area contributed by atoms with Crippen LogP contribution in [0.1, 0.15) is 30.7 Å². The second-order valence-corrected chi connectivity index (χ2v) is 10.6. The maximum atomic E-state index is 13.5. The van der Waals surface area contributed by atoms with Crippen LogP contribution >= 0.6 is 0 Å². The van der Waals surface area contributed by atoms with Gasteiger partial charge in [-0.3, -0.25) is 4.79 Å². The first-order valence-electron chi connectivity index (χ1n) is 10.6. The van der Waals surface area contributed by atoms with E-state index in [1.165, 1.54) is 30.5 Å². The Labute approximate surface area is 187 Å². The second kappa shape index (κ2) is 8.63. The number of hydrogen-bond donors (Lipinski definition) is 0. The highest BCUT2D eigenvalue weighted by Crippen LogP contribution is 2.29. The molecule has 0 radical (unpaired) electrons. The van der Waals surface area contributed by atoms with Gasteiger partial charge in [-0.1, -0.05) is 12.1 Å². The molecule has 0 unspecified atom stereocenters. The summed E-state index contributed by atoms with van der Waals surface area (Å²) in [6.07, 6.45) is 2.66. The van der Waals surface area contributed by atoms with Crippen LogP contribution in [-0.2, 0) is 34.8 Å². The first-order chi connectivity index (χ1) is 15.2. The Balaban J connectivity index is 1.50. The molecule has 170 valence electrons. The molecule has 7 nitrogen and oxygen atoms in total. The van der Waals surface area contributed by atoms with Crippen LogP contribution in [0.25, 0.3) is 11.0 Å². The monoisotopic (exact) mass is 458 g/mol. The SMILES string of the molecule is CN(C)S(=O)(=O)c1ccc2c(c1)nc(CCC(=O)N(Cc1cccc(F)c1)C1CC1)n2C. The van der Waals surface area contributed by atoms with Crippen LogP contribution < -0.4 is 0 Å². The molecule has 1 heterocycles. The van der Waals surface area contributed by atoms with E-state index >= 15 is 0 Å². The van der Waals surface area contributed by atoms with E-state index in [1.54, 1.807) is 24.3 Å². The van der Waals surface area contributed by atoms with Crippen molar-refractivity contribution in [2.75, 3.05) is 14.1 Å². The second-order valence-electron chi connectivity index (χ2n) is 8.41. The average molecular weight is 459 g/mol. The third kappa shape index (κ3) is 4.54. The van der Waals surface area contributed by atoms with Gasteiger partial charge in [0.15, 0.2) is 0 Å². The van der Waals surface area contributed by atoms with Crippen molar-refractivity contribution < 1.29 is 17.6 Å². The van der Waals surface area contributed by atoms with Gasteiger partial charge in [0.2, 0.25) is 15.9 Å². The van der Waals surface area contributed by atoms with Gasteiger partial charge < -0.3 is 9.47 Å². The number of aromatic nitrogens is 2. The summed E-state index contributed by atoms with van der Waals surface area (Å²) in [6.45, 7) is 0.398. The Morgan fingerprint density at radius 2 is 1.94 bits per heavy atom. The molecule has 1 amide bonds. The lowest BCUT2D eigenvalue weighted by Gasteiger charge is -2.22. The van der Waals surface area contributed by atoms with Gasteiger partial charge in [0.05, 0.1) is 15.9 Å². The summed E-state index contributed by atoms with van der Waals surface area (Å²) >= 11 is 0. The molecule has 1 fully saturated rings. The number of carbonyl (C=O) groups excluding carboxylic acids is 1. The molecule has 0 saturated heterocycles. The number of sulfonamides is 1. The summed E-state index contributed by atoms with van der Waals surface area (Å²) in [7, 11) is 1.30. The Bertz CT molecular complexity index is 1270. The van der Waals surface area contributed by atoms with Crippen LogP contribution in [0.15, 0.2) is 47.4 Å². The molecule has 0 bridgehead atoms. The zero-order valence-corrected chi connectivity index (χ0v) is 19.3. The summed E-state index contributed by atoms with van der Waals surface area (Å²) in [5.41, 5.74) is 2.17. The lowest BCUT2D eigenvalue weighted by molar-refractivity contribution is -0.132. The number of fused-ring (bicyclic) bond motifs is 1. The van der Waals surface area contributed by atoms with E-state index in [2.05, 4.69) is 4.98 Å². The maximum absolute atomic E-state index is 13.5. The van der Waals surface area contributed by atoms with Gasteiger partial charge in [0, 0.05) is 46.6 Å². The number of amides is 1. The van der Waals surface area contributed by atoms with E-state index in [-0.39, 0.29) is 29.1 Å². The quantitative estimate of drug-likeness (QED) is 0.520. The standard InChI is InChI=1S/C23H27FN4O3S/c1-26(2)32(30,31)19-9-10-21-20(14-19)25-22(27(21)3)11-12-23(29)28(18-7-8-18)15-16-5-4-6-17(24)13-16/h4-6,9-10,13-14,18H,7-8,11-12,15H2,1-3H3.